The molecule has 0 saturated carbocycles. The van der Waals surface area contributed by atoms with E-state index in [0.717, 1.165) is 27.9 Å². The molecule has 4 aromatic rings. The molecule has 0 unspecified atom stereocenters. The molecule has 2 heterocycles. The van der Waals surface area contributed by atoms with Gasteiger partial charge in [0.2, 0.25) is 5.91 Å². The maximum Gasteiger partial charge on any atom is 0.228 e. The number of nitrogens with one attached hydrogen (secondary N) is 1. The zero-order valence-electron chi connectivity index (χ0n) is 14.8. The molecule has 6 heteroatoms. The number of rotatable bonds is 3. The van der Waals surface area contributed by atoms with Crippen molar-refractivity contribution in [2.45, 2.75) is 6.42 Å². The van der Waals surface area contributed by atoms with Crippen molar-refractivity contribution in [1.82, 2.24) is 14.8 Å². The highest BCUT2D eigenvalue weighted by Crippen LogP contribution is 2.33. The van der Waals surface area contributed by atoms with Crippen molar-refractivity contribution in [3.63, 3.8) is 0 Å². The summed E-state index contributed by atoms with van der Waals surface area (Å²) < 4.78 is 16.0. The van der Waals surface area contributed by atoms with Crippen LogP contribution in [0.25, 0.3) is 27.9 Å². The number of carbonyl (C=O) groups excluding carboxylic acids is 1. The fourth-order valence-corrected chi connectivity index (χ4v) is 3.47. The predicted molar refractivity (Wildman–Crippen MR) is 105 cm³/mol. The van der Waals surface area contributed by atoms with E-state index in [-0.39, 0.29) is 12.3 Å². The van der Waals surface area contributed by atoms with Crippen molar-refractivity contribution < 1.29 is 9.18 Å². The maximum absolute atomic E-state index is 14.3. The lowest BCUT2D eigenvalue weighted by atomic mass is 9.98. The third-order valence-electron chi connectivity index (χ3n) is 4.89. The van der Waals surface area contributed by atoms with Gasteiger partial charge in [-0.2, -0.15) is 5.10 Å². The van der Waals surface area contributed by atoms with Gasteiger partial charge < -0.3 is 5.32 Å². The Morgan fingerprint density at radius 1 is 0.893 bits per heavy atom. The first-order valence-corrected chi connectivity index (χ1v) is 8.85. The number of hydrogen-bond acceptors (Lipinski definition) is 3. The van der Waals surface area contributed by atoms with Gasteiger partial charge in [0, 0.05) is 0 Å². The van der Waals surface area contributed by atoms with Crippen molar-refractivity contribution in [3.8, 4) is 27.9 Å². The van der Waals surface area contributed by atoms with Crippen molar-refractivity contribution >= 4 is 11.6 Å². The third kappa shape index (κ3) is 2.85. The molecule has 0 radical (unpaired) electrons. The number of hydrogen-bond donors (Lipinski definition) is 1. The largest absolute Gasteiger partial charge is 0.323 e. The van der Waals surface area contributed by atoms with Crippen LogP contribution in [0.4, 0.5) is 10.1 Å². The summed E-state index contributed by atoms with van der Waals surface area (Å²) in [5, 5.41) is 6.69. The van der Waals surface area contributed by atoms with Gasteiger partial charge in [-0.05, 0) is 52.1 Å². The number of anilines is 1. The molecule has 1 N–H and O–H groups in total. The summed E-state index contributed by atoms with van der Waals surface area (Å²) in [4.78, 5) is 15.5. The Balaban J connectivity index is 1.43. The highest BCUT2D eigenvalue weighted by Gasteiger charge is 2.22. The molecule has 3 aromatic carbocycles. The number of aromatic nitrogens is 3. The minimum absolute atomic E-state index is 0.171. The zero-order valence-corrected chi connectivity index (χ0v) is 14.8. The fourth-order valence-electron chi connectivity index (χ4n) is 3.47. The normalized spacial score (nSPS) is 12.7. The smallest absolute Gasteiger partial charge is 0.228 e. The highest BCUT2D eigenvalue weighted by molar-refractivity contribution is 6.00. The number of amides is 1. The molecule has 28 heavy (non-hydrogen) atoms. The Hall–Kier alpha value is -3.80. The molecule has 1 aromatic heterocycles. The number of nitrogens with zero attached hydrogens (tertiary/aromatic N) is 3. The molecular formula is C22H15FN4O. The molecule has 0 atom stereocenters. The average Bonchev–Trinajstić information content (AvgIpc) is 3.38. The molecule has 0 saturated heterocycles. The van der Waals surface area contributed by atoms with Crippen molar-refractivity contribution in [3.05, 3.63) is 84.7 Å². The van der Waals surface area contributed by atoms with Gasteiger partial charge in [0.25, 0.3) is 0 Å². The second-order valence-electron chi connectivity index (χ2n) is 6.68. The van der Waals surface area contributed by atoms with Crippen LogP contribution in [0.2, 0.25) is 0 Å². The van der Waals surface area contributed by atoms with E-state index in [1.54, 1.807) is 11.0 Å². The van der Waals surface area contributed by atoms with Crippen LogP contribution in [-0.4, -0.2) is 20.7 Å². The summed E-state index contributed by atoms with van der Waals surface area (Å²) >= 11 is 0. The topological polar surface area (TPSA) is 59.8 Å². The minimum atomic E-state index is -0.397. The van der Waals surface area contributed by atoms with Crippen molar-refractivity contribution in [1.29, 1.82) is 0 Å². The summed E-state index contributed by atoms with van der Waals surface area (Å²) in [6.07, 6.45) is 3.37. The van der Waals surface area contributed by atoms with Crippen LogP contribution < -0.4 is 5.32 Å². The van der Waals surface area contributed by atoms with Crippen molar-refractivity contribution in [2.24, 2.45) is 0 Å². The molecule has 136 valence electrons. The number of benzene rings is 3. The van der Waals surface area contributed by atoms with Gasteiger partial charge in [-0.1, -0.05) is 36.4 Å². The minimum Gasteiger partial charge on any atom is -0.323 e. The summed E-state index contributed by atoms with van der Waals surface area (Å²) in [5.74, 6) is -0.568. The van der Waals surface area contributed by atoms with Gasteiger partial charge in [0.05, 0.1) is 17.8 Å². The summed E-state index contributed by atoms with van der Waals surface area (Å²) in [6.45, 7) is 0. The first-order chi connectivity index (χ1) is 13.7. The lowest BCUT2D eigenvalue weighted by Gasteiger charge is -2.08. The molecule has 0 aliphatic carbocycles. The molecule has 1 amide bonds. The van der Waals surface area contributed by atoms with Crippen LogP contribution >= 0.6 is 0 Å². The van der Waals surface area contributed by atoms with Gasteiger partial charge in [-0.25, -0.2) is 14.1 Å². The van der Waals surface area contributed by atoms with Crippen LogP contribution in [0.1, 0.15) is 5.56 Å². The standard InChI is InChI=1S/C22H15FN4O/c23-20-10-17(9-18-11-21(28)26-22(18)20)16-3-1-14(2-4-16)15-5-7-19(8-6-15)27-13-24-12-25-27/h1-10,12-13H,11H2,(H,26,28). The average molecular weight is 370 g/mol. The third-order valence-corrected chi connectivity index (χ3v) is 4.89. The molecule has 1 aliphatic rings. The van der Waals surface area contributed by atoms with Gasteiger partial charge in [-0.3, -0.25) is 4.79 Å². The molecule has 5 rings (SSSR count). The molecule has 5 nitrogen and oxygen atoms in total. The number of fused-ring (bicyclic) bond motifs is 1. The quantitative estimate of drug-likeness (QED) is 0.587. The Kier molecular flexibility index (Phi) is 3.76. The first-order valence-electron chi connectivity index (χ1n) is 8.85. The van der Waals surface area contributed by atoms with Gasteiger partial charge in [-0.15, -0.1) is 0 Å². The van der Waals surface area contributed by atoms with Crippen LogP contribution in [0, 0.1) is 5.82 Å². The number of halogens is 1. The van der Waals surface area contributed by atoms with Gasteiger partial charge >= 0.3 is 0 Å². The first kappa shape index (κ1) is 16.4. The maximum atomic E-state index is 14.3. The van der Waals surface area contributed by atoms with Crippen LogP contribution in [0.5, 0.6) is 0 Å². The Morgan fingerprint density at radius 2 is 1.54 bits per heavy atom. The second-order valence-corrected chi connectivity index (χ2v) is 6.68. The Labute approximate surface area is 160 Å². The lowest BCUT2D eigenvalue weighted by Crippen LogP contribution is -2.04. The molecule has 1 aliphatic heterocycles. The second kappa shape index (κ2) is 6.42. The van der Waals surface area contributed by atoms with E-state index >= 15 is 0 Å². The van der Waals surface area contributed by atoms with Crippen LogP contribution in [0.15, 0.2) is 73.3 Å². The van der Waals surface area contributed by atoms with E-state index in [1.165, 1.54) is 12.4 Å². The van der Waals surface area contributed by atoms with Gasteiger partial charge in [0.1, 0.15) is 18.5 Å². The van der Waals surface area contributed by atoms with E-state index in [4.69, 9.17) is 0 Å². The fraction of sp³-hybridized carbons (Fsp3) is 0.0455. The number of carbonyl (C=O) groups is 1. The predicted octanol–water partition coefficient (Wildman–Crippen LogP) is 4.24. The van der Waals surface area contributed by atoms with E-state index in [2.05, 4.69) is 15.4 Å². The molecule has 0 spiro atoms. The van der Waals surface area contributed by atoms with Gasteiger partial charge in [0.15, 0.2) is 0 Å². The highest BCUT2D eigenvalue weighted by atomic mass is 19.1. The summed E-state index contributed by atoms with van der Waals surface area (Å²) in [7, 11) is 0. The van der Waals surface area contributed by atoms with E-state index < -0.39 is 5.82 Å². The summed E-state index contributed by atoms with van der Waals surface area (Å²) in [5.41, 5.74) is 5.75. The van der Waals surface area contributed by atoms with E-state index in [9.17, 15) is 9.18 Å². The molecule has 0 bridgehead atoms. The van der Waals surface area contributed by atoms with Crippen LogP contribution in [0.3, 0.4) is 0 Å². The van der Waals surface area contributed by atoms with Crippen LogP contribution in [-0.2, 0) is 11.2 Å². The summed E-state index contributed by atoms with van der Waals surface area (Å²) in [6, 6.07) is 19.3. The molecule has 0 fully saturated rings. The molecular weight excluding hydrogens is 355 g/mol. The van der Waals surface area contributed by atoms with E-state index in [0.29, 0.717) is 11.3 Å². The van der Waals surface area contributed by atoms with Crippen molar-refractivity contribution in [2.75, 3.05) is 5.32 Å². The zero-order chi connectivity index (χ0) is 19.1. The van der Waals surface area contributed by atoms with E-state index in [1.807, 2.05) is 54.6 Å². The SMILES string of the molecule is O=C1Cc2cc(-c3ccc(-c4ccc(-n5cncn5)cc4)cc3)cc(F)c2N1. The Bertz CT molecular complexity index is 1170. The monoisotopic (exact) mass is 370 g/mol. The Morgan fingerprint density at radius 3 is 2.18 bits per heavy atom. The lowest BCUT2D eigenvalue weighted by molar-refractivity contribution is -0.115.